The van der Waals surface area contributed by atoms with Crippen molar-refractivity contribution in [1.82, 2.24) is 14.3 Å². The highest BCUT2D eigenvalue weighted by Gasteiger charge is 2.31. The molecule has 2 aromatic rings. The van der Waals surface area contributed by atoms with Gasteiger partial charge in [0.05, 0.1) is 4.90 Å². The zero-order chi connectivity index (χ0) is 18.0. The Kier molecular flexibility index (Phi) is 4.64. The average molecular weight is 377 g/mol. The normalized spacial score (nSPS) is 18.5. The van der Waals surface area contributed by atoms with Gasteiger partial charge in [0, 0.05) is 31.5 Å². The Bertz CT molecular complexity index is 867. The number of ether oxygens (including phenoxy) is 3. The number of hydrogen-bond acceptors (Lipinski definition) is 7. The van der Waals surface area contributed by atoms with E-state index in [2.05, 4.69) is 9.97 Å². The number of benzene rings is 1. The molecule has 1 aromatic heterocycles. The molecule has 1 fully saturated rings. The Labute approximate surface area is 151 Å². The van der Waals surface area contributed by atoms with Crippen LogP contribution in [-0.2, 0) is 10.0 Å². The van der Waals surface area contributed by atoms with Crippen LogP contribution < -0.4 is 14.2 Å². The number of piperidine rings is 1. The maximum atomic E-state index is 12.9. The summed E-state index contributed by atoms with van der Waals surface area (Å²) in [5, 5.41) is 0. The molecule has 2 aliphatic rings. The fourth-order valence-corrected chi connectivity index (χ4v) is 4.50. The first-order valence-electron chi connectivity index (χ1n) is 8.46. The Morgan fingerprint density at radius 2 is 1.73 bits per heavy atom. The van der Waals surface area contributed by atoms with Gasteiger partial charge in [-0.25, -0.2) is 18.4 Å². The molecule has 0 saturated carbocycles. The first-order valence-corrected chi connectivity index (χ1v) is 9.90. The van der Waals surface area contributed by atoms with Gasteiger partial charge in [-0.2, -0.15) is 4.31 Å². The van der Waals surface area contributed by atoms with Crippen LogP contribution in [0, 0.1) is 0 Å². The van der Waals surface area contributed by atoms with E-state index in [1.165, 1.54) is 10.4 Å². The summed E-state index contributed by atoms with van der Waals surface area (Å²) in [6.45, 7) is 1.65. The zero-order valence-corrected chi connectivity index (χ0v) is 14.9. The molecular weight excluding hydrogens is 358 g/mol. The minimum absolute atomic E-state index is 0.0934. The van der Waals surface area contributed by atoms with Crippen molar-refractivity contribution in [3.63, 3.8) is 0 Å². The maximum Gasteiger partial charge on any atom is 0.316 e. The van der Waals surface area contributed by atoms with Gasteiger partial charge < -0.3 is 14.2 Å². The lowest BCUT2D eigenvalue weighted by atomic mass is 10.1. The van der Waals surface area contributed by atoms with Crippen LogP contribution >= 0.6 is 0 Å². The maximum absolute atomic E-state index is 12.9. The second-order valence-corrected chi connectivity index (χ2v) is 8.00. The number of nitrogens with zero attached hydrogens (tertiary/aromatic N) is 3. The topological polar surface area (TPSA) is 90.9 Å². The Morgan fingerprint density at radius 3 is 2.46 bits per heavy atom. The number of fused-ring (bicyclic) bond motifs is 1. The monoisotopic (exact) mass is 377 g/mol. The van der Waals surface area contributed by atoms with Crippen LogP contribution in [0.2, 0.25) is 0 Å². The number of hydrogen-bond donors (Lipinski definition) is 0. The lowest BCUT2D eigenvalue weighted by Gasteiger charge is -2.31. The van der Waals surface area contributed by atoms with Crippen molar-refractivity contribution in [2.75, 3.05) is 26.3 Å². The van der Waals surface area contributed by atoms with E-state index in [4.69, 9.17) is 14.2 Å². The molecule has 8 nitrogen and oxygen atoms in total. The fraction of sp³-hybridized carbons (Fsp3) is 0.412. The van der Waals surface area contributed by atoms with Crippen molar-refractivity contribution in [3.8, 4) is 17.5 Å². The fourth-order valence-electron chi connectivity index (χ4n) is 3.02. The summed E-state index contributed by atoms with van der Waals surface area (Å²) in [6.07, 6.45) is 4.31. The molecule has 1 aromatic carbocycles. The molecule has 0 radical (unpaired) electrons. The van der Waals surface area contributed by atoms with Crippen molar-refractivity contribution in [1.29, 1.82) is 0 Å². The van der Waals surface area contributed by atoms with Gasteiger partial charge >= 0.3 is 6.01 Å². The molecule has 138 valence electrons. The van der Waals surface area contributed by atoms with Crippen LogP contribution in [0.15, 0.2) is 41.6 Å². The first kappa shape index (κ1) is 17.0. The summed E-state index contributed by atoms with van der Waals surface area (Å²) in [6, 6.07) is 6.77. The van der Waals surface area contributed by atoms with E-state index in [-0.39, 0.29) is 11.0 Å². The highest BCUT2D eigenvalue weighted by Crippen LogP contribution is 2.33. The smallest absolute Gasteiger partial charge is 0.316 e. The van der Waals surface area contributed by atoms with E-state index in [1.807, 2.05) is 0 Å². The molecule has 9 heteroatoms. The highest BCUT2D eigenvalue weighted by molar-refractivity contribution is 7.89. The summed E-state index contributed by atoms with van der Waals surface area (Å²) in [5.41, 5.74) is 0. The van der Waals surface area contributed by atoms with Crippen molar-refractivity contribution >= 4 is 10.0 Å². The van der Waals surface area contributed by atoms with Crippen LogP contribution in [0.5, 0.6) is 17.5 Å². The van der Waals surface area contributed by atoms with E-state index in [9.17, 15) is 8.42 Å². The average Bonchev–Trinajstić information content (AvgIpc) is 2.69. The van der Waals surface area contributed by atoms with E-state index in [0.717, 1.165) is 0 Å². The second kappa shape index (κ2) is 7.08. The molecule has 0 N–H and O–H groups in total. The summed E-state index contributed by atoms with van der Waals surface area (Å²) in [4.78, 5) is 8.29. The molecule has 0 aliphatic carbocycles. The summed E-state index contributed by atoms with van der Waals surface area (Å²) >= 11 is 0. The third kappa shape index (κ3) is 3.45. The van der Waals surface area contributed by atoms with Crippen molar-refractivity contribution in [2.24, 2.45) is 0 Å². The minimum Gasteiger partial charge on any atom is -0.486 e. The standard InChI is InChI=1S/C17H19N3O5S/c21-26(22,14-2-3-15-16(12-14)24-11-10-23-15)20-8-4-13(5-9-20)25-17-18-6-1-7-19-17/h1-3,6-7,12-13H,4-5,8-11H2. The summed E-state index contributed by atoms with van der Waals surface area (Å²) in [7, 11) is -3.58. The predicted molar refractivity (Wildman–Crippen MR) is 91.9 cm³/mol. The number of aromatic nitrogens is 2. The van der Waals surface area contributed by atoms with Crippen LogP contribution in [0.25, 0.3) is 0 Å². The summed E-state index contributed by atoms with van der Waals surface area (Å²) < 4.78 is 43.9. The Morgan fingerprint density at radius 1 is 1.04 bits per heavy atom. The van der Waals surface area contributed by atoms with Gasteiger partial charge in [-0.3, -0.25) is 0 Å². The molecule has 0 unspecified atom stereocenters. The van der Waals surface area contributed by atoms with Gasteiger partial charge in [-0.15, -0.1) is 0 Å². The molecule has 0 spiro atoms. The van der Waals surface area contributed by atoms with Crippen molar-refractivity contribution < 1.29 is 22.6 Å². The quantitative estimate of drug-likeness (QED) is 0.797. The number of rotatable bonds is 4. The minimum atomic E-state index is -3.58. The molecule has 0 amide bonds. The van der Waals surface area contributed by atoms with Crippen molar-refractivity contribution in [2.45, 2.75) is 23.8 Å². The van der Waals surface area contributed by atoms with Crippen LogP contribution in [0.4, 0.5) is 0 Å². The van der Waals surface area contributed by atoms with Gasteiger partial charge in [-0.05, 0) is 31.0 Å². The van der Waals surface area contributed by atoms with E-state index in [1.54, 1.807) is 30.6 Å². The highest BCUT2D eigenvalue weighted by atomic mass is 32.2. The molecule has 4 rings (SSSR count). The van der Waals surface area contributed by atoms with Gasteiger partial charge in [0.25, 0.3) is 0 Å². The van der Waals surface area contributed by atoms with Crippen molar-refractivity contribution in [3.05, 3.63) is 36.7 Å². The Hall–Kier alpha value is -2.39. The molecule has 26 heavy (non-hydrogen) atoms. The largest absolute Gasteiger partial charge is 0.486 e. The van der Waals surface area contributed by atoms with Crippen LogP contribution in [0.3, 0.4) is 0 Å². The van der Waals surface area contributed by atoms with Crippen LogP contribution in [0.1, 0.15) is 12.8 Å². The molecular formula is C17H19N3O5S. The molecule has 3 heterocycles. The second-order valence-electron chi connectivity index (χ2n) is 6.06. The van der Waals surface area contributed by atoms with E-state index >= 15 is 0 Å². The van der Waals surface area contributed by atoms with Crippen LogP contribution in [-0.4, -0.2) is 55.1 Å². The SMILES string of the molecule is O=S(=O)(c1ccc2c(c1)OCCO2)N1CCC(Oc2ncccn2)CC1. The molecule has 2 aliphatic heterocycles. The third-order valence-corrected chi connectivity index (χ3v) is 6.26. The molecule has 1 saturated heterocycles. The zero-order valence-electron chi connectivity index (χ0n) is 14.1. The first-order chi connectivity index (χ1) is 12.6. The van der Waals surface area contributed by atoms with E-state index < -0.39 is 10.0 Å². The predicted octanol–water partition coefficient (Wildman–Crippen LogP) is 1.48. The lowest BCUT2D eigenvalue weighted by Crippen LogP contribution is -2.41. The Balaban J connectivity index is 1.43. The van der Waals surface area contributed by atoms with Gasteiger partial charge in [-0.1, -0.05) is 0 Å². The molecule has 0 atom stereocenters. The molecule has 0 bridgehead atoms. The van der Waals surface area contributed by atoms with Gasteiger partial charge in [0.1, 0.15) is 19.3 Å². The van der Waals surface area contributed by atoms with E-state index in [0.29, 0.717) is 56.7 Å². The van der Waals surface area contributed by atoms with Gasteiger partial charge in [0.2, 0.25) is 10.0 Å². The lowest BCUT2D eigenvalue weighted by molar-refractivity contribution is 0.124. The summed E-state index contributed by atoms with van der Waals surface area (Å²) in [5.74, 6) is 1.04. The number of sulfonamides is 1. The third-order valence-electron chi connectivity index (χ3n) is 4.37. The van der Waals surface area contributed by atoms with Gasteiger partial charge in [0.15, 0.2) is 11.5 Å².